The van der Waals surface area contributed by atoms with Gasteiger partial charge in [-0.25, -0.2) is 13.2 Å². The van der Waals surface area contributed by atoms with Crippen LogP contribution in [0.3, 0.4) is 0 Å². The number of likely N-dealkylation sites (N-methyl/N-ethyl adjacent to an activating group) is 1. The quantitative estimate of drug-likeness (QED) is 0.366. The fourth-order valence-electron chi connectivity index (χ4n) is 3.42. The van der Waals surface area contributed by atoms with Crippen LogP contribution in [0.15, 0.2) is 53.1 Å². The van der Waals surface area contributed by atoms with Crippen molar-refractivity contribution < 1.29 is 27.2 Å². The van der Waals surface area contributed by atoms with E-state index in [1.807, 2.05) is 6.07 Å². The Kier molecular flexibility index (Phi) is 6.36. The van der Waals surface area contributed by atoms with E-state index in [0.29, 0.717) is 23.6 Å². The molecule has 1 aliphatic heterocycles. The summed E-state index contributed by atoms with van der Waals surface area (Å²) < 4.78 is 35.2. The largest absolute Gasteiger partial charge is 0.465 e. The zero-order chi connectivity index (χ0) is 23.4. The summed E-state index contributed by atoms with van der Waals surface area (Å²) in [4.78, 5) is 26.8. The molecule has 1 fully saturated rings. The van der Waals surface area contributed by atoms with Gasteiger partial charge < -0.3 is 14.1 Å². The van der Waals surface area contributed by atoms with Gasteiger partial charge in [0.2, 0.25) is 0 Å². The monoisotopic (exact) mass is 471 g/mol. The molecule has 11 nitrogen and oxygen atoms in total. The number of amides is 1. The summed E-state index contributed by atoms with van der Waals surface area (Å²) in [5, 5.41) is 11.6. The van der Waals surface area contributed by atoms with Crippen molar-refractivity contribution in [1.29, 1.82) is 0 Å². The van der Waals surface area contributed by atoms with Crippen LogP contribution in [0, 0.1) is 0 Å². The highest BCUT2D eigenvalue weighted by molar-refractivity contribution is 7.91. The minimum Gasteiger partial charge on any atom is -0.465 e. The number of hydrogen-bond donors (Lipinski definition) is 0. The average molecular weight is 471 g/mol. The molecule has 1 atom stereocenters. The molecule has 3 heterocycles. The standard InChI is InChI=1S/C21H21N5O6S/c1-25(16-9-11-33(29,30)14-16)19(27)13-32-21(28)18(12-17-8-5-10-31-17)26-20(22-23-24-26)15-6-3-2-4-7-15/h2-8,10,12,16H,9,11,13-14H2,1H3. The Balaban J connectivity index is 1.54. The van der Waals surface area contributed by atoms with E-state index >= 15 is 0 Å². The Morgan fingerprint density at radius 2 is 2.03 bits per heavy atom. The predicted octanol–water partition coefficient (Wildman–Crippen LogP) is 1.12. The topological polar surface area (TPSA) is 137 Å². The molecule has 0 bridgehead atoms. The van der Waals surface area contributed by atoms with Crippen molar-refractivity contribution in [1.82, 2.24) is 25.1 Å². The molecular weight excluding hydrogens is 450 g/mol. The molecule has 0 spiro atoms. The minimum atomic E-state index is -3.16. The number of hydrogen-bond acceptors (Lipinski definition) is 9. The summed E-state index contributed by atoms with van der Waals surface area (Å²) in [6.45, 7) is -0.565. The first-order chi connectivity index (χ1) is 15.8. The van der Waals surface area contributed by atoms with Crippen LogP contribution in [-0.4, -0.2) is 76.6 Å². The lowest BCUT2D eigenvalue weighted by Crippen LogP contribution is -2.40. The number of carbonyl (C=O) groups excluding carboxylic acids is 2. The molecule has 1 unspecified atom stereocenters. The van der Waals surface area contributed by atoms with Crippen LogP contribution in [0.5, 0.6) is 0 Å². The number of sulfone groups is 1. The average Bonchev–Trinajstić information content (AvgIpc) is 3.56. The zero-order valence-electron chi connectivity index (χ0n) is 17.7. The molecule has 2 aromatic heterocycles. The molecule has 1 amide bonds. The molecule has 1 saturated heterocycles. The summed E-state index contributed by atoms with van der Waals surface area (Å²) in [6.07, 6.45) is 3.21. The lowest BCUT2D eigenvalue weighted by Gasteiger charge is -2.23. The number of carbonyl (C=O) groups is 2. The smallest absolute Gasteiger partial charge is 0.357 e. The highest BCUT2D eigenvalue weighted by Gasteiger charge is 2.33. The maximum Gasteiger partial charge on any atom is 0.357 e. The predicted molar refractivity (Wildman–Crippen MR) is 117 cm³/mol. The molecule has 12 heteroatoms. The fourth-order valence-corrected chi connectivity index (χ4v) is 5.19. The van der Waals surface area contributed by atoms with Crippen LogP contribution in [0.2, 0.25) is 0 Å². The molecule has 0 radical (unpaired) electrons. The number of benzene rings is 1. The molecular formula is C21H21N5O6S. The van der Waals surface area contributed by atoms with Crippen LogP contribution < -0.4 is 0 Å². The Bertz CT molecular complexity index is 1270. The van der Waals surface area contributed by atoms with Gasteiger partial charge in [-0.05, 0) is 29.0 Å². The first-order valence-corrected chi connectivity index (χ1v) is 11.9. The van der Waals surface area contributed by atoms with E-state index in [2.05, 4.69) is 15.5 Å². The van der Waals surface area contributed by atoms with Crippen molar-refractivity contribution in [3.8, 4) is 11.4 Å². The first-order valence-electron chi connectivity index (χ1n) is 10.1. The van der Waals surface area contributed by atoms with E-state index in [1.165, 1.54) is 29.0 Å². The lowest BCUT2D eigenvalue weighted by molar-refractivity contribution is -0.147. The molecule has 0 saturated carbocycles. The first kappa shape index (κ1) is 22.4. The molecule has 4 rings (SSSR count). The van der Waals surface area contributed by atoms with Gasteiger partial charge in [-0.15, -0.1) is 5.10 Å². The summed E-state index contributed by atoms with van der Waals surface area (Å²) >= 11 is 0. The highest BCUT2D eigenvalue weighted by atomic mass is 32.2. The second kappa shape index (κ2) is 9.36. The summed E-state index contributed by atoms with van der Waals surface area (Å²) in [6, 6.07) is 11.9. The Morgan fingerprint density at radius 3 is 2.70 bits per heavy atom. The van der Waals surface area contributed by atoms with Crippen molar-refractivity contribution in [2.24, 2.45) is 0 Å². The number of esters is 1. The number of ether oxygens (including phenoxy) is 1. The van der Waals surface area contributed by atoms with Gasteiger partial charge in [0.1, 0.15) is 5.76 Å². The van der Waals surface area contributed by atoms with Gasteiger partial charge in [-0.3, -0.25) is 4.79 Å². The zero-order valence-corrected chi connectivity index (χ0v) is 18.5. The SMILES string of the molecule is CN(C(=O)COC(=O)C(=Cc1ccco1)n1nnnc1-c1ccccc1)C1CCS(=O)(=O)C1. The molecule has 0 aliphatic carbocycles. The van der Waals surface area contributed by atoms with Crippen molar-refractivity contribution in [3.05, 3.63) is 54.5 Å². The molecule has 3 aromatic rings. The van der Waals surface area contributed by atoms with Gasteiger partial charge in [-0.2, -0.15) is 4.68 Å². The maximum absolute atomic E-state index is 13.0. The summed E-state index contributed by atoms with van der Waals surface area (Å²) in [5.41, 5.74) is 0.603. The number of furan rings is 1. The van der Waals surface area contributed by atoms with E-state index in [1.54, 1.807) is 36.4 Å². The lowest BCUT2D eigenvalue weighted by atomic mass is 10.2. The van der Waals surface area contributed by atoms with Gasteiger partial charge in [0.25, 0.3) is 5.91 Å². The molecule has 33 heavy (non-hydrogen) atoms. The Morgan fingerprint density at radius 1 is 1.24 bits per heavy atom. The maximum atomic E-state index is 13.0. The van der Waals surface area contributed by atoms with Gasteiger partial charge in [0.05, 0.1) is 17.8 Å². The van der Waals surface area contributed by atoms with Crippen LogP contribution in [-0.2, 0) is 24.2 Å². The van der Waals surface area contributed by atoms with E-state index in [0.717, 1.165) is 0 Å². The van der Waals surface area contributed by atoms with E-state index in [4.69, 9.17) is 9.15 Å². The van der Waals surface area contributed by atoms with E-state index in [9.17, 15) is 18.0 Å². The minimum absolute atomic E-state index is 0.0344. The number of tetrazole rings is 1. The third kappa shape index (κ3) is 5.17. The number of rotatable bonds is 7. The highest BCUT2D eigenvalue weighted by Crippen LogP contribution is 2.22. The van der Waals surface area contributed by atoms with Gasteiger partial charge in [0.15, 0.2) is 28.0 Å². The van der Waals surface area contributed by atoms with Crippen LogP contribution in [0.1, 0.15) is 12.2 Å². The number of nitrogens with zero attached hydrogens (tertiary/aromatic N) is 5. The van der Waals surface area contributed by atoms with Gasteiger partial charge >= 0.3 is 5.97 Å². The molecule has 1 aliphatic rings. The van der Waals surface area contributed by atoms with Crippen LogP contribution >= 0.6 is 0 Å². The van der Waals surface area contributed by atoms with Crippen molar-refractivity contribution in [3.63, 3.8) is 0 Å². The second-order valence-corrected chi connectivity index (χ2v) is 9.69. The van der Waals surface area contributed by atoms with Crippen LogP contribution in [0.25, 0.3) is 23.2 Å². The van der Waals surface area contributed by atoms with Crippen LogP contribution in [0.4, 0.5) is 0 Å². The second-order valence-electron chi connectivity index (χ2n) is 7.46. The Hall–Kier alpha value is -3.80. The molecule has 1 aromatic carbocycles. The normalized spacial score (nSPS) is 17.6. The van der Waals surface area contributed by atoms with Crippen molar-refractivity contribution >= 4 is 33.5 Å². The van der Waals surface area contributed by atoms with Crippen molar-refractivity contribution in [2.45, 2.75) is 12.5 Å². The molecule has 0 N–H and O–H groups in total. The van der Waals surface area contributed by atoms with Crippen molar-refractivity contribution in [2.75, 3.05) is 25.2 Å². The Labute approximate surface area is 189 Å². The van der Waals surface area contributed by atoms with Gasteiger partial charge in [-0.1, -0.05) is 30.3 Å². The van der Waals surface area contributed by atoms with E-state index in [-0.39, 0.29) is 17.2 Å². The fraction of sp³-hybridized carbons (Fsp3) is 0.286. The summed E-state index contributed by atoms with van der Waals surface area (Å²) in [7, 11) is -1.66. The van der Waals surface area contributed by atoms with E-state index < -0.39 is 34.4 Å². The number of aromatic nitrogens is 4. The molecule has 172 valence electrons. The third-order valence-corrected chi connectivity index (χ3v) is 6.99. The van der Waals surface area contributed by atoms with Gasteiger partial charge in [0, 0.05) is 24.7 Å². The summed E-state index contributed by atoms with van der Waals surface area (Å²) in [5.74, 6) is -0.773. The third-order valence-electron chi connectivity index (χ3n) is 5.24.